The molecule has 3 nitrogen and oxygen atoms in total. The Balaban J connectivity index is 1.04. The van der Waals surface area contributed by atoms with E-state index in [1.807, 2.05) is 12.1 Å². The number of rotatable bonds is 8. The predicted octanol–water partition coefficient (Wildman–Crippen LogP) is 14.2. The SMILES string of the molecule is C#Cc1c(-c2ccccc2C(=C)c2ccc(-c3nc(-c4ccc(-c5ccccc5)cc4)nc(-c4ccc(-c5ccccc5)cc4)n3)cc2)c2ccccc2c2ccccc12. The van der Waals surface area contributed by atoms with Gasteiger partial charge in [-0.15, -0.1) is 6.42 Å². The van der Waals surface area contributed by atoms with E-state index >= 15 is 0 Å². The van der Waals surface area contributed by atoms with Crippen molar-refractivity contribution in [3.63, 3.8) is 0 Å². The topological polar surface area (TPSA) is 38.7 Å². The van der Waals surface area contributed by atoms with Crippen molar-refractivity contribution in [2.75, 3.05) is 0 Å². The van der Waals surface area contributed by atoms with Crippen LogP contribution in [0.5, 0.6) is 0 Å². The molecule has 0 bridgehead atoms. The first-order valence-corrected chi connectivity index (χ1v) is 20.0. The second-order valence-electron chi connectivity index (χ2n) is 14.8. The van der Waals surface area contributed by atoms with E-state index in [2.05, 4.69) is 207 Å². The van der Waals surface area contributed by atoms with E-state index in [1.165, 1.54) is 5.39 Å². The molecule has 0 N–H and O–H groups in total. The molecule has 1 heterocycles. The molecule has 10 rings (SSSR count). The molecule has 0 atom stereocenters. The van der Waals surface area contributed by atoms with Crippen molar-refractivity contribution >= 4 is 27.1 Å². The normalized spacial score (nSPS) is 11.1. The van der Waals surface area contributed by atoms with Crippen LogP contribution in [0.25, 0.3) is 94.7 Å². The van der Waals surface area contributed by atoms with Crippen molar-refractivity contribution < 1.29 is 0 Å². The van der Waals surface area contributed by atoms with E-state index in [1.54, 1.807) is 0 Å². The summed E-state index contributed by atoms with van der Waals surface area (Å²) in [5.74, 6) is 4.87. The second-order valence-corrected chi connectivity index (χ2v) is 14.8. The summed E-state index contributed by atoms with van der Waals surface area (Å²) in [5.41, 5.74) is 13.1. The van der Waals surface area contributed by atoms with Crippen molar-refractivity contribution in [1.82, 2.24) is 15.0 Å². The van der Waals surface area contributed by atoms with E-state index in [0.29, 0.717) is 17.5 Å². The fraction of sp³-hybridized carbons (Fsp3) is 0. The lowest BCUT2D eigenvalue weighted by molar-refractivity contribution is 1.07. The fourth-order valence-corrected chi connectivity index (χ4v) is 8.16. The van der Waals surface area contributed by atoms with Gasteiger partial charge in [-0.25, -0.2) is 15.0 Å². The van der Waals surface area contributed by atoms with Gasteiger partial charge in [-0.05, 0) is 66.1 Å². The van der Waals surface area contributed by atoms with Gasteiger partial charge < -0.3 is 0 Å². The van der Waals surface area contributed by atoms with Gasteiger partial charge in [0.25, 0.3) is 0 Å². The summed E-state index contributed by atoms with van der Waals surface area (Å²) < 4.78 is 0. The number of hydrogen-bond donors (Lipinski definition) is 0. The molecule has 0 spiro atoms. The molecule has 0 saturated heterocycles. The minimum Gasteiger partial charge on any atom is -0.208 e. The number of aromatic nitrogens is 3. The number of terminal acetylenes is 1. The third-order valence-corrected chi connectivity index (χ3v) is 11.2. The molecule has 0 aliphatic heterocycles. The van der Waals surface area contributed by atoms with Gasteiger partial charge in [-0.3, -0.25) is 0 Å². The Hall–Kier alpha value is -8.19. The Bertz CT molecular complexity index is 3130. The standard InChI is InChI=1S/C57H37N3/c1-3-47-49-21-11-12-22-50(49)51-23-13-15-25-53(51)54(47)52-24-14-10-20-48(52)38(2)39-26-32-44(33-27-39)55-58-56(45-34-28-42(29-35-45)40-16-6-4-7-17-40)60-57(59-55)46-36-30-43(31-37-46)41-18-8-5-9-19-41/h1,4-37H,2H2. The predicted molar refractivity (Wildman–Crippen MR) is 250 cm³/mol. The second kappa shape index (κ2) is 15.6. The van der Waals surface area contributed by atoms with Crippen LogP contribution in [0.1, 0.15) is 16.7 Å². The zero-order chi connectivity index (χ0) is 40.4. The highest BCUT2D eigenvalue weighted by molar-refractivity contribution is 6.17. The van der Waals surface area contributed by atoms with Crippen LogP contribution in [0, 0.1) is 12.3 Å². The summed E-state index contributed by atoms with van der Waals surface area (Å²) in [6, 6.07) is 71.2. The molecule has 1 aromatic heterocycles. The largest absolute Gasteiger partial charge is 0.208 e. The van der Waals surface area contributed by atoms with Crippen LogP contribution in [0.3, 0.4) is 0 Å². The summed E-state index contributed by atoms with van der Waals surface area (Å²) in [6.07, 6.45) is 6.32. The Morgan fingerprint density at radius 2 is 0.733 bits per heavy atom. The van der Waals surface area contributed by atoms with E-state index in [0.717, 1.165) is 88.5 Å². The van der Waals surface area contributed by atoms with Crippen LogP contribution in [0.2, 0.25) is 0 Å². The van der Waals surface area contributed by atoms with Crippen LogP contribution in [0.15, 0.2) is 213 Å². The highest BCUT2D eigenvalue weighted by Gasteiger charge is 2.19. The minimum absolute atomic E-state index is 0.591. The molecule has 0 fully saturated rings. The zero-order valence-corrected chi connectivity index (χ0v) is 32.8. The average molecular weight is 764 g/mol. The molecule has 0 saturated carbocycles. The third kappa shape index (κ3) is 6.73. The van der Waals surface area contributed by atoms with Gasteiger partial charge in [-0.1, -0.05) is 219 Å². The highest BCUT2D eigenvalue weighted by atomic mass is 15.0. The van der Waals surface area contributed by atoms with E-state index in [4.69, 9.17) is 21.4 Å². The maximum absolute atomic E-state index is 6.32. The molecule has 9 aromatic carbocycles. The van der Waals surface area contributed by atoms with Crippen LogP contribution in [-0.2, 0) is 0 Å². The summed E-state index contributed by atoms with van der Waals surface area (Å²) in [5, 5.41) is 4.50. The van der Waals surface area contributed by atoms with Gasteiger partial charge in [0.15, 0.2) is 17.5 Å². The average Bonchev–Trinajstić information content (AvgIpc) is 3.34. The van der Waals surface area contributed by atoms with Crippen molar-refractivity contribution in [3.05, 3.63) is 230 Å². The number of benzene rings is 9. The molecule has 3 heteroatoms. The number of fused-ring (bicyclic) bond motifs is 3. The van der Waals surface area contributed by atoms with E-state index in [-0.39, 0.29) is 0 Å². The molecule has 0 aliphatic carbocycles. The Kier molecular flexibility index (Phi) is 9.42. The number of hydrogen-bond acceptors (Lipinski definition) is 3. The van der Waals surface area contributed by atoms with Crippen molar-refractivity contribution in [2.24, 2.45) is 0 Å². The molecule has 0 aliphatic rings. The Labute approximate surface area is 350 Å². The highest BCUT2D eigenvalue weighted by Crippen LogP contribution is 2.42. The molecule has 0 radical (unpaired) electrons. The van der Waals surface area contributed by atoms with Gasteiger partial charge in [0, 0.05) is 27.8 Å². The zero-order valence-electron chi connectivity index (χ0n) is 32.8. The van der Waals surface area contributed by atoms with E-state index in [9.17, 15) is 0 Å². The van der Waals surface area contributed by atoms with Crippen molar-refractivity contribution in [3.8, 4) is 79.9 Å². The Morgan fingerprint density at radius 1 is 0.367 bits per heavy atom. The van der Waals surface area contributed by atoms with E-state index < -0.39 is 0 Å². The molecule has 0 amide bonds. The van der Waals surface area contributed by atoms with Gasteiger partial charge in [0.2, 0.25) is 0 Å². The maximum Gasteiger partial charge on any atom is 0.164 e. The van der Waals surface area contributed by atoms with Crippen LogP contribution in [-0.4, -0.2) is 15.0 Å². The monoisotopic (exact) mass is 763 g/mol. The summed E-state index contributed by atoms with van der Waals surface area (Å²) in [4.78, 5) is 15.2. The van der Waals surface area contributed by atoms with Crippen molar-refractivity contribution in [1.29, 1.82) is 0 Å². The fourth-order valence-electron chi connectivity index (χ4n) is 8.16. The molecular formula is C57H37N3. The summed E-state index contributed by atoms with van der Waals surface area (Å²) in [7, 11) is 0. The summed E-state index contributed by atoms with van der Waals surface area (Å²) in [6.45, 7) is 4.65. The molecular weight excluding hydrogens is 727 g/mol. The first-order valence-electron chi connectivity index (χ1n) is 20.0. The van der Waals surface area contributed by atoms with Gasteiger partial charge in [0.1, 0.15) is 0 Å². The maximum atomic E-state index is 6.32. The summed E-state index contributed by atoms with van der Waals surface area (Å²) >= 11 is 0. The van der Waals surface area contributed by atoms with Gasteiger partial charge in [-0.2, -0.15) is 0 Å². The first-order chi connectivity index (χ1) is 29.6. The third-order valence-electron chi connectivity index (χ3n) is 11.2. The lowest BCUT2D eigenvalue weighted by atomic mass is 9.84. The van der Waals surface area contributed by atoms with Gasteiger partial charge in [0.05, 0.1) is 0 Å². The molecule has 0 unspecified atom stereocenters. The molecule has 280 valence electrons. The van der Waals surface area contributed by atoms with Crippen molar-refractivity contribution in [2.45, 2.75) is 0 Å². The number of nitrogens with zero attached hydrogens (tertiary/aromatic N) is 3. The first kappa shape index (κ1) is 36.2. The smallest absolute Gasteiger partial charge is 0.164 e. The van der Waals surface area contributed by atoms with Crippen LogP contribution in [0.4, 0.5) is 0 Å². The lowest BCUT2D eigenvalue weighted by Gasteiger charge is -2.18. The van der Waals surface area contributed by atoms with Gasteiger partial charge >= 0.3 is 0 Å². The molecule has 60 heavy (non-hydrogen) atoms. The quantitative estimate of drug-likeness (QED) is 0.114. The van der Waals surface area contributed by atoms with Crippen LogP contribution >= 0.6 is 0 Å². The lowest BCUT2D eigenvalue weighted by Crippen LogP contribution is -2.00. The van der Waals surface area contributed by atoms with Crippen LogP contribution < -0.4 is 0 Å². The molecule has 10 aromatic rings. The Morgan fingerprint density at radius 3 is 1.23 bits per heavy atom. The minimum atomic E-state index is 0.591.